The largest absolute Gasteiger partial charge is 0.366 e. The molecule has 0 unspecified atom stereocenters. The summed E-state index contributed by atoms with van der Waals surface area (Å²) in [7, 11) is 0. The lowest BCUT2D eigenvalue weighted by Gasteiger charge is -2.05. The number of aromatic nitrogens is 1. The molecule has 2 N–H and O–H groups in total. The molecule has 1 aromatic carbocycles. The number of rotatable bonds is 3. The highest BCUT2D eigenvalue weighted by atomic mass is 32.1. The van der Waals surface area contributed by atoms with Crippen LogP contribution in [0.5, 0.6) is 0 Å². The van der Waals surface area contributed by atoms with Gasteiger partial charge in [-0.1, -0.05) is 24.3 Å². The Bertz CT molecular complexity index is 692. The van der Waals surface area contributed by atoms with Gasteiger partial charge in [-0.05, 0) is 37.0 Å². The molecule has 3 rings (SSSR count). The monoisotopic (exact) mass is 302 g/mol. The molecule has 1 aromatic heterocycles. The smallest absolute Gasteiger partial charge is 0.292 e. The van der Waals surface area contributed by atoms with Crippen LogP contribution in [0.1, 0.15) is 25.3 Å². The highest BCUT2D eigenvalue weighted by Crippen LogP contribution is 2.26. The van der Waals surface area contributed by atoms with Crippen molar-refractivity contribution in [1.82, 2.24) is 10.3 Å². The van der Waals surface area contributed by atoms with E-state index in [2.05, 4.69) is 39.7 Å². The van der Waals surface area contributed by atoms with Gasteiger partial charge in [-0.3, -0.25) is 15.1 Å². The van der Waals surface area contributed by atoms with Gasteiger partial charge in [0.05, 0.1) is 10.2 Å². The van der Waals surface area contributed by atoms with E-state index in [0.717, 1.165) is 36.0 Å². The molecule has 1 aliphatic heterocycles. The van der Waals surface area contributed by atoms with Gasteiger partial charge in [-0.15, -0.1) is 0 Å². The zero-order chi connectivity index (χ0) is 14.7. The second-order valence-corrected chi connectivity index (χ2v) is 6.02. The van der Waals surface area contributed by atoms with Crippen LogP contribution in [-0.4, -0.2) is 29.8 Å². The van der Waals surface area contributed by atoms with Gasteiger partial charge >= 0.3 is 0 Å². The summed E-state index contributed by atoms with van der Waals surface area (Å²) in [6, 6.07) is 6.20. The Kier molecular flexibility index (Phi) is 4.15. The zero-order valence-corrected chi connectivity index (χ0v) is 12.8. The van der Waals surface area contributed by atoms with Gasteiger partial charge in [-0.2, -0.15) is 0 Å². The summed E-state index contributed by atoms with van der Waals surface area (Å²) in [6.07, 6.45) is 3.06. The molecule has 2 aromatic rings. The molecule has 0 fully saturated rings. The van der Waals surface area contributed by atoms with E-state index in [1.54, 1.807) is 0 Å². The molecule has 0 spiro atoms. The minimum absolute atomic E-state index is 0.202. The maximum absolute atomic E-state index is 12.2. The maximum atomic E-state index is 12.2. The third kappa shape index (κ3) is 3.21. The summed E-state index contributed by atoms with van der Waals surface area (Å²) in [6.45, 7) is 3.63. The molecular weight excluding hydrogens is 284 g/mol. The number of nitrogens with zero attached hydrogens (tertiary/aromatic N) is 2. The minimum Gasteiger partial charge on any atom is -0.366 e. The molecule has 21 heavy (non-hydrogen) atoms. The summed E-state index contributed by atoms with van der Waals surface area (Å²) in [5, 5.41) is 6.53. The average Bonchev–Trinajstić information content (AvgIpc) is 2.71. The zero-order valence-electron chi connectivity index (χ0n) is 12.0. The number of hydrogen-bond acceptors (Lipinski definition) is 5. The van der Waals surface area contributed by atoms with Crippen molar-refractivity contribution in [2.75, 3.05) is 18.4 Å². The number of benzene rings is 1. The second kappa shape index (κ2) is 6.22. The summed E-state index contributed by atoms with van der Waals surface area (Å²) in [4.78, 5) is 20.9. The normalized spacial score (nSPS) is 15.2. The van der Waals surface area contributed by atoms with Crippen LogP contribution < -0.4 is 10.6 Å². The molecule has 0 bridgehead atoms. The molecule has 110 valence electrons. The van der Waals surface area contributed by atoms with Crippen molar-refractivity contribution >= 4 is 38.4 Å². The fraction of sp³-hybridized carbons (Fsp3) is 0.400. The molecule has 0 atom stereocenters. The van der Waals surface area contributed by atoms with Crippen molar-refractivity contribution in [3.63, 3.8) is 0 Å². The van der Waals surface area contributed by atoms with E-state index < -0.39 is 0 Å². The summed E-state index contributed by atoms with van der Waals surface area (Å²) in [5.74, 6) is 0.215. The van der Waals surface area contributed by atoms with Crippen LogP contribution in [0.2, 0.25) is 0 Å². The van der Waals surface area contributed by atoms with Gasteiger partial charge in [0, 0.05) is 13.1 Å². The lowest BCUT2D eigenvalue weighted by Crippen LogP contribution is -2.35. The Morgan fingerprint density at radius 1 is 1.43 bits per heavy atom. The summed E-state index contributed by atoms with van der Waals surface area (Å²) >= 11 is 1.50. The fourth-order valence-corrected chi connectivity index (χ4v) is 3.17. The van der Waals surface area contributed by atoms with Gasteiger partial charge in [0.2, 0.25) is 0 Å². The number of anilines is 1. The van der Waals surface area contributed by atoms with E-state index in [1.165, 1.54) is 16.9 Å². The summed E-state index contributed by atoms with van der Waals surface area (Å²) in [5.41, 5.74) is 2.20. The van der Waals surface area contributed by atoms with Crippen LogP contribution in [0.3, 0.4) is 0 Å². The van der Waals surface area contributed by atoms with E-state index >= 15 is 0 Å². The van der Waals surface area contributed by atoms with Gasteiger partial charge in [0.25, 0.3) is 5.91 Å². The predicted octanol–water partition coefficient (Wildman–Crippen LogP) is 2.58. The van der Waals surface area contributed by atoms with Crippen molar-refractivity contribution in [3.05, 3.63) is 23.8 Å². The van der Waals surface area contributed by atoms with Crippen molar-refractivity contribution in [2.45, 2.75) is 26.2 Å². The molecule has 5 nitrogen and oxygen atoms in total. The Balaban J connectivity index is 1.77. The van der Waals surface area contributed by atoms with Crippen LogP contribution in [-0.2, 0) is 11.2 Å². The maximum Gasteiger partial charge on any atom is 0.292 e. The predicted molar refractivity (Wildman–Crippen MR) is 87.2 cm³/mol. The quantitative estimate of drug-likeness (QED) is 0.916. The highest BCUT2D eigenvalue weighted by molar-refractivity contribution is 7.22. The third-order valence-corrected chi connectivity index (χ3v) is 4.38. The van der Waals surface area contributed by atoms with E-state index in [9.17, 15) is 4.79 Å². The first kappa shape index (κ1) is 14.0. The number of aliphatic imine (C=N–C) groups is 1. The molecule has 1 amide bonds. The van der Waals surface area contributed by atoms with Crippen molar-refractivity contribution in [2.24, 2.45) is 4.99 Å². The number of amidine groups is 1. The van der Waals surface area contributed by atoms with Crippen LogP contribution in [0.15, 0.2) is 23.2 Å². The molecule has 0 aliphatic carbocycles. The highest BCUT2D eigenvalue weighted by Gasteiger charge is 2.15. The van der Waals surface area contributed by atoms with Crippen LogP contribution in [0.4, 0.5) is 5.13 Å². The molecule has 2 heterocycles. The third-order valence-electron chi connectivity index (χ3n) is 3.44. The van der Waals surface area contributed by atoms with Crippen molar-refractivity contribution in [1.29, 1.82) is 0 Å². The molecule has 0 saturated carbocycles. The lowest BCUT2D eigenvalue weighted by molar-refractivity contribution is -0.110. The Hall–Kier alpha value is -1.95. The molecule has 0 radical (unpaired) electrons. The fourth-order valence-electron chi connectivity index (χ4n) is 2.24. The van der Waals surface area contributed by atoms with Crippen LogP contribution in [0, 0.1) is 0 Å². The Labute approximate surface area is 127 Å². The second-order valence-electron chi connectivity index (χ2n) is 4.99. The van der Waals surface area contributed by atoms with E-state index in [0.29, 0.717) is 17.5 Å². The van der Waals surface area contributed by atoms with Crippen LogP contribution in [0.25, 0.3) is 10.2 Å². The average molecular weight is 302 g/mol. The van der Waals surface area contributed by atoms with Gasteiger partial charge < -0.3 is 5.32 Å². The van der Waals surface area contributed by atoms with E-state index in [-0.39, 0.29) is 5.91 Å². The number of nitrogens with one attached hydrogen (secondary N) is 2. The van der Waals surface area contributed by atoms with Gasteiger partial charge in [0.1, 0.15) is 0 Å². The number of thiazole rings is 1. The number of aryl methyl sites for hydroxylation is 1. The standard InChI is InChI=1S/C15H18N4OS/c1-2-10-5-6-11-12(9-10)21-15(18-11)19-14(20)13-16-7-3-4-8-17-13/h5-6,9H,2-4,7-8H2,1H3,(H,16,17)(H,18,19,20). The minimum atomic E-state index is -0.202. The summed E-state index contributed by atoms with van der Waals surface area (Å²) < 4.78 is 1.10. The van der Waals surface area contributed by atoms with Crippen LogP contribution >= 0.6 is 11.3 Å². The SMILES string of the molecule is CCc1ccc2nc(NC(=O)C3=NCCCCN3)sc2c1. The number of carbonyl (C=O) groups is 1. The number of fused-ring (bicyclic) bond motifs is 1. The number of amides is 1. The number of carbonyl (C=O) groups excluding carboxylic acids is 1. The lowest BCUT2D eigenvalue weighted by atomic mass is 10.2. The first-order valence-corrected chi connectivity index (χ1v) is 8.07. The first-order chi connectivity index (χ1) is 10.3. The van der Waals surface area contributed by atoms with E-state index in [1.807, 2.05) is 6.07 Å². The first-order valence-electron chi connectivity index (χ1n) is 7.25. The van der Waals surface area contributed by atoms with E-state index in [4.69, 9.17) is 0 Å². The van der Waals surface area contributed by atoms with Gasteiger partial charge in [-0.25, -0.2) is 4.98 Å². The number of hydrogen-bond donors (Lipinski definition) is 2. The van der Waals surface area contributed by atoms with Gasteiger partial charge in [0.15, 0.2) is 11.0 Å². The molecule has 6 heteroatoms. The topological polar surface area (TPSA) is 66.4 Å². The van der Waals surface area contributed by atoms with Crippen molar-refractivity contribution in [3.8, 4) is 0 Å². The Morgan fingerprint density at radius 3 is 3.19 bits per heavy atom. The molecular formula is C15H18N4OS. The Morgan fingerprint density at radius 2 is 2.33 bits per heavy atom. The molecule has 0 saturated heterocycles. The van der Waals surface area contributed by atoms with Crippen molar-refractivity contribution < 1.29 is 4.79 Å². The molecule has 1 aliphatic rings.